The van der Waals surface area contributed by atoms with Gasteiger partial charge in [0.05, 0.1) is 22.3 Å². The maximum atomic E-state index is 12.5. The van der Waals surface area contributed by atoms with E-state index in [1.165, 1.54) is 23.1 Å². The summed E-state index contributed by atoms with van der Waals surface area (Å²) in [5, 5.41) is 8.44. The second-order valence-corrected chi connectivity index (χ2v) is 7.77. The fourth-order valence-electron chi connectivity index (χ4n) is 2.76. The van der Waals surface area contributed by atoms with E-state index in [9.17, 15) is 9.59 Å². The molecule has 0 radical (unpaired) electrons. The minimum Gasteiger partial charge on any atom is -0.341 e. The number of fused-ring (bicyclic) bond motifs is 1. The Bertz CT molecular complexity index is 930. The molecule has 1 aliphatic rings. The summed E-state index contributed by atoms with van der Waals surface area (Å²) in [6.07, 6.45) is 0.705. The van der Waals surface area contributed by atoms with Crippen LogP contribution >= 0.6 is 23.1 Å². The zero-order valence-electron chi connectivity index (χ0n) is 13.0. The van der Waals surface area contributed by atoms with Crippen molar-refractivity contribution < 1.29 is 9.59 Å². The van der Waals surface area contributed by atoms with Crippen molar-refractivity contribution in [2.75, 3.05) is 5.75 Å². The third-order valence-corrected chi connectivity index (χ3v) is 6.13. The van der Waals surface area contributed by atoms with Crippen molar-refractivity contribution in [1.82, 2.24) is 15.1 Å². The third-order valence-electron chi connectivity index (χ3n) is 4.01. The summed E-state index contributed by atoms with van der Waals surface area (Å²) in [5.74, 6) is 0.592. The van der Waals surface area contributed by atoms with Gasteiger partial charge in [-0.15, -0.1) is 11.3 Å². The molecule has 24 heavy (non-hydrogen) atoms. The number of para-hydroxylation sites is 1. The summed E-state index contributed by atoms with van der Waals surface area (Å²) in [6, 6.07) is 11.4. The van der Waals surface area contributed by atoms with Crippen molar-refractivity contribution in [2.24, 2.45) is 0 Å². The van der Waals surface area contributed by atoms with E-state index in [1.807, 2.05) is 48.0 Å². The van der Waals surface area contributed by atoms with Crippen LogP contribution in [0.1, 0.15) is 21.8 Å². The summed E-state index contributed by atoms with van der Waals surface area (Å²) in [4.78, 5) is 25.7. The van der Waals surface area contributed by atoms with Gasteiger partial charge in [-0.1, -0.05) is 30.0 Å². The maximum absolute atomic E-state index is 12.5. The first kappa shape index (κ1) is 15.4. The number of amides is 1. The lowest BCUT2D eigenvalue weighted by Crippen LogP contribution is -2.36. The first-order chi connectivity index (χ1) is 11.6. The molecule has 1 aliphatic heterocycles. The number of carbonyl (C=O) groups is 2. The predicted octanol–water partition coefficient (Wildman–Crippen LogP) is 3.16. The van der Waals surface area contributed by atoms with Gasteiger partial charge < -0.3 is 5.32 Å². The van der Waals surface area contributed by atoms with Crippen molar-refractivity contribution in [1.29, 1.82) is 0 Å². The van der Waals surface area contributed by atoms with Gasteiger partial charge >= 0.3 is 0 Å². The topological polar surface area (TPSA) is 64.0 Å². The van der Waals surface area contributed by atoms with E-state index in [1.54, 1.807) is 0 Å². The Balaban J connectivity index is 1.68. The number of hydrogen-bond acceptors (Lipinski definition) is 5. The normalized spacial score (nSPS) is 17.5. The lowest BCUT2D eigenvalue weighted by atomic mass is 10.2. The van der Waals surface area contributed by atoms with Crippen LogP contribution in [0.15, 0.2) is 36.4 Å². The van der Waals surface area contributed by atoms with Crippen LogP contribution in [-0.4, -0.2) is 32.6 Å². The van der Waals surface area contributed by atoms with Gasteiger partial charge in [0.2, 0.25) is 5.12 Å². The number of thiophene rings is 1. The molecule has 7 heteroatoms. The lowest BCUT2D eigenvalue weighted by Gasteiger charge is -2.08. The predicted molar refractivity (Wildman–Crippen MR) is 97.0 cm³/mol. The Hall–Kier alpha value is -2.12. The van der Waals surface area contributed by atoms with Crippen LogP contribution in [0.3, 0.4) is 0 Å². The first-order valence-corrected chi connectivity index (χ1v) is 9.46. The maximum Gasteiger partial charge on any atom is 0.262 e. The van der Waals surface area contributed by atoms with Crippen LogP contribution in [0.25, 0.3) is 15.9 Å². The lowest BCUT2D eigenvalue weighted by molar-refractivity contribution is -0.112. The number of aromatic nitrogens is 2. The van der Waals surface area contributed by atoms with Gasteiger partial charge in [-0.2, -0.15) is 5.10 Å². The van der Waals surface area contributed by atoms with Crippen molar-refractivity contribution in [3.8, 4) is 5.69 Å². The van der Waals surface area contributed by atoms with E-state index >= 15 is 0 Å². The number of hydrogen-bond donors (Lipinski definition) is 1. The van der Waals surface area contributed by atoms with Crippen LogP contribution in [0, 0.1) is 6.92 Å². The SMILES string of the molecule is Cc1nn(-c2ccccc2)c2sc(C(=O)NC3CCSC3=O)cc12. The molecule has 3 aromatic rings. The number of nitrogens with one attached hydrogen (secondary N) is 1. The van der Waals surface area contributed by atoms with Gasteiger partial charge in [0, 0.05) is 11.1 Å². The van der Waals surface area contributed by atoms with E-state index < -0.39 is 0 Å². The number of carbonyl (C=O) groups excluding carboxylic acids is 2. The van der Waals surface area contributed by atoms with Gasteiger partial charge in [-0.05, 0) is 31.5 Å². The molecular formula is C17H15N3O2S2. The number of benzene rings is 1. The molecule has 0 bridgehead atoms. The summed E-state index contributed by atoms with van der Waals surface area (Å²) in [7, 11) is 0. The first-order valence-electron chi connectivity index (χ1n) is 7.65. The van der Waals surface area contributed by atoms with E-state index in [4.69, 9.17) is 0 Å². The molecule has 5 nitrogen and oxygen atoms in total. The Morgan fingerprint density at radius 3 is 2.83 bits per heavy atom. The van der Waals surface area contributed by atoms with Crippen LogP contribution in [0.5, 0.6) is 0 Å². The summed E-state index contributed by atoms with van der Waals surface area (Å²) >= 11 is 2.69. The summed E-state index contributed by atoms with van der Waals surface area (Å²) < 4.78 is 1.86. The number of rotatable bonds is 3. The van der Waals surface area contributed by atoms with Crippen molar-refractivity contribution >= 4 is 44.3 Å². The Labute approximate surface area is 147 Å². The van der Waals surface area contributed by atoms with E-state index in [0.29, 0.717) is 11.3 Å². The largest absolute Gasteiger partial charge is 0.341 e. The fraction of sp³-hybridized carbons (Fsp3) is 0.235. The fourth-order valence-corrected chi connectivity index (χ4v) is 4.78. The highest BCUT2D eigenvalue weighted by Gasteiger charge is 2.28. The van der Waals surface area contributed by atoms with Crippen molar-refractivity contribution in [2.45, 2.75) is 19.4 Å². The minimum absolute atomic E-state index is 0.0519. The second-order valence-electron chi connectivity index (χ2n) is 5.64. The van der Waals surface area contributed by atoms with Gasteiger partial charge in [0.1, 0.15) is 4.83 Å². The highest BCUT2D eigenvalue weighted by Crippen LogP contribution is 2.30. The van der Waals surface area contributed by atoms with E-state index in [-0.39, 0.29) is 17.1 Å². The standard InChI is InChI=1S/C17H15N3O2S2/c1-10-12-9-14(15(21)18-13-7-8-23-17(13)22)24-16(12)20(19-10)11-5-3-2-4-6-11/h2-6,9,13H,7-8H2,1H3,(H,18,21). The zero-order chi connectivity index (χ0) is 16.7. The monoisotopic (exact) mass is 357 g/mol. The molecule has 1 amide bonds. The van der Waals surface area contributed by atoms with E-state index in [2.05, 4.69) is 10.4 Å². The number of nitrogens with zero attached hydrogens (tertiary/aromatic N) is 2. The van der Waals surface area contributed by atoms with Gasteiger partial charge in [0.25, 0.3) is 5.91 Å². The zero-order valence-corrected chi connectivity index (χ0v) is 14.6. The van der Waals surface area contributed by atoms with Gasteiger partial charge in [-0.3, -0.25) is 9.59 Å². The molecular weight excluding hydrogens is 342 g/mol. The van der Waals surface area contributed by atoms with Crippen molar-refractivity contribution in [3.05, 3.63) is 47.0 Å². The van der Waals surface area contributed by atoms with Crippen LogP contribution in [0.4, 0.5) is 0 Å². The third kappa shape index (κ3) is 2.63. The molecule has 0 spiro atoms. The molecule has 0 saturated carbocycles. The average molecular weight is 357 g/mol. The molecule has 1 N–H and O–H groups in total. The number of thioether (sulfide) groups is 1. The van der Waals surface area contributed by atoms with Crippen LogP contribution < -0.4 is 5.32 Å². The van der Waals surface area contributed by atoms with Gasteiger partial charge in [0.15, 0.2) is 0 Å². The Kier molecular flexibility index (Phi) is 3.90. The molecule has 2 aromatic heterocycles. The smallest absolute Gasteiger partial charge is 0.262 e. The molecule has 1 atom stereocenters. The summed E-state index contributed by atoms with van der Waals surface area (Å²) in [6.45, 7) is 1.94. The molecule has 4 rings (SSSR count). The van der Waals surface area contributed by atoms with Gasteiger partial charge in [-0.25, -0.2) is 4.68 Å². The molecule has 122 valence electrons. The molecule has 3 heterocycles. The second kappa shape index (κ2) is 6.07. The Morgan fingerprint density at radius 2 is 2.12 bits per heavy atom. The molecule has 1 fully saturated rings. The van der Waals surface area contributed by atoms with E-state index in [0.717, 1.165) is 27.4 Å². The minimum atomic E-state index is -0.362. The summed E-state index contributed by atoms with van der Waals surface area (Å²) in [5.41, 5.74) is 1.85. The van der Waals surface area contributed by atoms with Crippen LogP contribution in [-0.2, 0) is 4.79 Å². The number of aryl methyl sites for hydroxylation is 1. The highest BCUT2D eigenvalue weighted by atomic mass is 32.2. The quantitative estimate of drug-likeness (QED) is 0.782. The Morgan fingerprint density at radius 1 is 1.33 bits per heavy atom. The average Bonchev–Trinajstić information content (AvgIpc) is 3.26. The molecule has 1 unspecified atom stereocenters. The molecule has 0 aliphatic carbocycles. The highest BCUT2D eigenvalue weighted by molar-refractivity contribution is 8.14. The van der Waals surface area contributed by atoms with Crippen LogP contribution in [0.2, 0.25) is 0 Å². The molecule has 1 aromatic carbocycles. The van der Waals surface area contributed by atoms with Crippen molar-refractivity contribution in [3.63, 3.8) is 0 Å². The molecule has 1 saturated heterocycles.